The third-order valence-electron chi connectivity index (χ3n) is 3.67. The molecule has 0 aliphatic carbocycles. The molecule has 0 bridgehead atoms. The molecule has 3 rings (SSSR count). The molecule has 0 aliphatic heterocycles. The molecule has 0 aliphatic rings. The van der Waals surface area contributed by atoms with E-state index in [1.165, 1.54) is 0 Å². The minimum absolute atomic E-state index is 0.00556. The van der Waals surface area contributed by atoms with E-state index >= 15 is 0 Å². The first-order valence-corrected chi connectivity index (χ1v) is 7.71. The standard InChI is InChI=1S/C21H18O2/c1-2-23-18-13-14-19(16-9-5-3-6-10-16)20(15-18)21(22)17-11-7-4-8-12-17/h3-15H,2H2,1H3. The zero-order valence-electron chi connectivity index (χ0n) is 13.0. The van der Waals surface area contributed by atoms with Crippen molar-refractivity contribution in [1.82, 2.24) is 0 Å². The first-order valence-electron chi connectivity index (χ1n) is 7.71. The van der Waals surface area contributed by atoms with Crippen LogP contribution >= 0.6 is 0 Å². The van der Waals surface area contributed by atoms with Crippen LogP contribution in [0.2, 0.25) is 0 Å². The molecule has 0 aromatic heterocycles. The average Bonchev–Trinajstić information content (AvgIpc) is 2.63. The second kappa shape index (κ2) is 6.93. The van der Waals surface area contributed by atoms with Crippen molar-refractivity contribution in [2.75, 3.05) is 6.61 Å². The summed E-state index contributed by atoms with van der Waals surface area (Å²) >= 11 is 0. The molecular formula is C21H18O2. The van der Waals surface area contributed by atoms with E-state index in [9.17, 15) is 4.79 Å². The minimum atomic E-state index is 0.00556. The molecule has 0 unspecified atom stereocenters. The van der Waals surface area contributed by atoms with Crippen LogP contribution in [0.3, 0.4) is 0 Å². The van der Waals surface area contributed by atoms with E-state index in [1.54, 1.807) is 0 Å². The first-order chi connectivity index (χ1) is 11.3. The molecule has 0 heterocycles. The Labute approximate surface area is 136 Å². The summed E-state index contributed by atoms with van der Waals surface area (Å²) < 4.78 is 5.57. The van der Waals surface area contributed by atoms with Crippen molar-refractivity contribution in [3.8, 4) is 16.9 Å². The summed E-state index contributed by atoms with van der Waals surface area (Å²) in [5.74, 6) is 0.720. The van der Waals surface area contributed by atoms with Crippen molar-refractivity contribution in [3.05, 3.63) is 90.0 Å². The lowest BCUT2D eigenvalue weighted by atomic mass is 9.93. The van der Waals surface area contributed by atoms with Gasteiger partial charge in [0, 0.05) is 11.1 Å². The maximum Gasteiger partial charge on any atom is 0.193 e. The highest BCUT2D eigenvalue weighted by Crippen LogP contribution is 2.29. The molecule has 23 heavy (non-hydrogen) atoms. The summed E-state index contributed by atoms with van der Waals surface area (Å²) in [7, 11) is 0. The molecule has 3 aromatic rings. The average molecular weight is 302 g/mol. The first kappa shape index (κ1) is 15.0. The third kappa shape index (κ3) is 3.32. The Kier molecular flexibility index (Phi) is 4.53. The number of hydrogen-bond acceptors (Lipinski definition) is 2. The van der Waals surface area contributed by atoms with Crippen molar-refractivity contribution in [1.29, 1.82) is 0 Å². The predicted octanol–water partition coefficient (Wildman–Crippen LogP) is 4.98. The van der Waals surface area contributed by atoms with Gasteiger partial charge in [-0.15, -0.1) is 0 Å². The van der Waals surface area contributed by atoms with Crippen molar-refractivity contribution in [3.63, 3.8) is 0 Å². The van der Waals surface area contributed by atoms with Crippen LogP contribution < -0.4 is 4.74 Å². The van der Waals surface area contributed by atoms with E-state index < -0.39 is 0 Å². The van der Waals surface area contributed by atoms with Crippen molar-refractivity contribution in [2.45, 2.75) is 6.92 Å². The molecule has 0 radical (unpaired) electrons. The summed E-state index contributed by atoms with van der Waals surface area (Å²) in [5, 5.41) is 0. The van der Waals surface area contributed by atoms with Crippen LogP contribution in [0.15, 0.2) is 78.9 Å². The van der Waals surface area contributed by atoms with Crippen molar-refractivity contribution >= 4 is 5.78 Å². The molecule has 2 heteroatoms. The van der Waals surface area contributed by atoms with E-state index in [-0.39, 0.29) is 5.78 Å². The monoisotopic (exact) mass is 302 g/mol. The Morgan fingerprint density at radius 3 is 2.17 bits per heavy atom. The van der Waals surface area contributed by atoms with Crippen molar-refractivity contribution < 1.29 is 9.53 Å². The molecule has 0 fully saturated rings. The second-order valence-corrected chi connectivity index (χ2v) is 5.20. The van der Waals surface area contributed by atoms with Gasteiger partial charge >= 0.3 is 0 Å². The Morgan fingerprint density at radius 1 is 0.870 bits per heavy atom. The molecule has 0 N–H and O–H groups in total. The van der Waals surface area contributed by atoms with Gasteiger partial charge in [0.15, 0.2) is 5.78 Å². The van der Waals surface area contributed by atoms with Gasteiger partial charge in [0.25, 0.3) is 0 Å². The van der Waals surface area contributed by atoms with Gasteiger partial charge in [-0.25, -0.2) is 0 Å². The quantitative estimate of drug-likeness (QED) is 0.621. The van der Waals surface area contributed by atoms with Gasteiger partial charge in [-0.3, -0.25) is 4.79 Å². The van der Waals surface area contributed by atoms with E-state index in [4.69, 9.17) is 4.74 Å². The Hall–Kier alpha value is -2.87. The van der Waals surface area contributed by atoms with E-state index in [0.717, 1.165) is 11.1 Å². The lowest BCUT2D eigenvalue weighted by Gasteiger charge is -2.12. The van der Waals surface area contributed by atoms with Crippen molar-refractivity contribution in [2.24, 2.45) is 0 Å². The fourth-order valence-corrected chi connectivity index (χ4v) is 2.58. The molecule has 0 amide bonds. The fraction of sp³-hybridized carbons (Fsp3) is 0.0952. The van der Waals surface area contributed by atoms with E-state index in [2.05, 4.69) is 0 Å². The third-order valence-corrected chi connectivity index (χ3v) is 3.67. The smallest absolute Gasteiger partial charge is 0.193 e. The molecule has 0 saturated heterocycles. The molecule has 2 nitrogen and oxygen atoms in total. The van der Waals surface area contributed by atoms with Crippen LogP contribution in [0.1, 0.15) is 22.8 Å². The van der Waals surface area contributed by atoms with Crippen LogP contribution in [0.25, 0.3) is 11.1 Å². The van der Waals surface area contributed by atoms with Crippen LogP contribution in [0.5, 0.6) is 5.75 Å². The van der Waals surface area contributed by atoms with Gasteiger partial charge in [0.05, 0.1) is 6.61 Å². The number of ether oxygens (including phenoxy) is 1. The highest BCUT2D eigenvalue weighted by Gasteiger charge is 2.15. The van der Waals surface area contributed by atoms with Crippen LogP contribution in [-0.2, 0) is 0 Å². The Bertz CT molecular complexity index is 793. The van der Waals surface area contributed by atoms with Crippen LogP contribution in [0.4, 0.5) is 0 Å². The second-order valence-electron chi connectivity index (χ2n) is 5.20. The molecular weight excluding hydrogens is 284 g/mol. The fourth-order valence-electron chi connectivity index (χ4n) is 2.58. The number of benzene rings is 3. The summed E-state index contributed by atoms with van der Waals surface area (Å²) in [4.78, 5) is 12.9. The van der Waals surface area contributed by atoms with Crippen LogP contribution in [0, 0.1) is 0 Å². The van der Waals surface area contributed by atoms with Crippen LogP contribution in [-0.4, -0.2) is 12.4 Å². The summed E-state index contributed by atoms with van der Waals surface area (Å²) in [5.41, 5.74) is 3.28. The number of hydrogen-bond donors (Lipinski definition) is 0. The highest BCUT2D eigenvalue weighted by atomic mass is 16.5. The molecule has 114 valence electrons. The zero-order valence-corrected chi connectivity index (χ0v) is 13.0. The summed E-state index contributed by atoms with van der Waals surface area (Å²) in [6.07, 6.45) is 0. The molecule has 0 atom stereocenters. The molecule has 0 spiro atoms. The molecule has 3 aromatic carbocycles. The number of carbonyl (C=O) groups is 1. The summed E-state index contributed by atoms with van der Waals surface area (Å²) in [6.45, 7) is 2.51. The normalized spacial score (nSPS) is 10.3. The topological polar surface area (TPSA) is 26.3 Å². The van der Waals surface area contributed by atoms with E-state index in [0.29, 0.717) is 23.5 Å². The largest absolute Gasteiger partial charge is 0.494 e. The minimum Gasteiger partial charge on any atom is -0.494 e. The lowest BCUT2D eigenvalue weighted by molar-refractivity contribution is 0.103. The lowest BCUT2D eigenvalue weighted by Crippen LogP contribution is -2.04. The highest BCUT2D eigenvalue weighted by molar-refractivity contribution is 6.13. The number of rotatable bonds is 5. The number of ketones is 1. The zero-order chi connectivity index (χ0) is 16.1. The Morgan fingerprint density at radius 2 is 1.52 bits per heavy atom. The maximum absolute atomic E-state index is 12.9. The van der Waals surface area contributed by atoms with Gasteiger partial charge in [0.2, 0.25) is 0 Å². The predicted molar refractivity (Wildman–Crippen MR) is 92.9 cm³/mol. The number of carbonyl (C=O) groups excluding carboxylic acids is 1. The van der Waals surface area contributed by atoms with Gasteiger partial charge in [0.1, 0.15) is 5.75 Å². The van der Waals surface area contributed by atoms with Gasteiger partial charge in [-0.1, -0.05) is 60.7 Å². The SMILES string of the molecule is CCOc1ccc(-c2ccccc2)c(C(=O)c2ccccc2)c1. The summed E-state index contributed by atoms with van der Waals surface area (Å²) in [6, 6.07) is 25.0. The maximum atomic E-state index is 12.9. The molecule has 0 saturated carbocycles. The van der Waals surface area contributed by atoms with E-state index in [1.807, 2.05) is 85.8 Å². The van der Waals surface area contributed by atoms with Gasteiger partial charge < -0.3 is 4.74 Å². The Balaban J connectivity index is 2.12. The van der Waals surface area contributed by atoms with Gasteiger partial charge in [-0.05, 0) is 36.2 Å². The van der Waals surface area contributed by atoms with Gasteiger partial charge in [-0.2, -0.15) is 0 Å².